The van der Waals surface area contributed by atoms with Gasteiger partial charge in [0.1, 0.15) is 12.1 Å². The Morgan fingerprint density at radius 3 is 1.76 bits per heavy atom. The molecule has 1 aromatic carbocycles. The van der Waals surface area contributed by atoms with E-state index in [-0.39, 0.29) is 17.3 Å². The molecule has 0 bridgehead atoms. The lowest BCUT2D eigenvalue weighted by molar-refractivity contribution is 0.0235. The molecule has 0 saturated carbocycles. The zero-order valence-corrected chi connectivity index (χ0v) is 27.3. The summed E-state index contributed by atoms with van der Waals surface area (Å²) in [6.45, 7) is 10.8. The molecular formula is C34H49N5O6. The minimum Gasteiger partial charge on any atom is -0.382 e. The van der Waals surface area contributed by atoms with Gasteiger partial charge in [-0.05, 0) is 37.1 Å². The quantitative estimate of drug-likeness (QED) is 0.148. The van der Waals surface area contributed by atoms with Crippen LogP contribution in [0.2, 0.25) is 0 Å². The number of ether oxygens (including phenoxy) is 6. The number of allylic oxidation sites excluding steroid dienone is 3. The van der Waals surface area contributed by atoms with Crippen molar-refractivity contribution in [2.24, 2.45) is 15.9 Å². The van der Waals surface area contributed by atoms with E-state index in [1.807, 2.05) is 31.2 Å². The van der Waals surface area contributed by atoms with Gasteiger partial charge in [-0.3, -0.25) is 0 Å². The van der Waals surface area contributed by atoms with Crippen molar-refractivity contribution >= 4 is 23.2 Å². The molecule has 1 unspecified atom stereocenters. The molecule has 1 aliphatic heterocycles. The van der Waals surface area contributed by atoms with Gasteiger partial charge < -0.3 is 33.3 Å². The normalized spacial score (nSPS) is 15.0. The van der Waals surface area contributed by atoms with E-state index >= 15 is 0 Å². The van der Waals surface area contributed by atoms with E-state index in [2.05, 4.69) is 46.1 Å². The molecule has 0 aromatic heterocycles. The molecule has 0 spiro atoms. The van der Waals surface area contributed by atoms with Crippen LogP contribution in [0.25, 0.3) is 6.08 Å². The van der Waals surface area contributed by atoms with Crippen molar-refractivity contribution in [3.8, 4) is 12.1 Å². The Bertz CT molecular complexity index is 1160. The van der Waals surface area contributed by atoms with Crippen molar-refractivity contribution in [3.05, 3.63) is 47.3 Å². The van der Waals surface area contributed by atoms with Gasteiger partial charge in [0.25, 0.3) is 0 Å². The van der Waals surface area contributed by atoms with Crippen LogP contribution in [0.1, 0.15) is 38.7 Å². The van der Waals surface area contributed by atoms with Crippen LogP contribution in [-0.2, 0) is 28.4 Å². The largest absolute Gasteiger partial charge is 0.382 e. The van der Waals surface area contributed by atoms with Crippen molar-refractivity contribution in [1.29, 1.82) is 10.5 Å². The van der Waals surface area contributed by atoms with E-state index in [0.717, 1.165) is 41.9 Å². The summed E-state index contributed by atoms with van der Waals surface area (Å²) in [6.07, 6.45) is 6.80. The molecule has 1 atom stereocenters. The van der Waals surface area contributed by atoms with E-state index in [9.17, 15) is 10.5 Å². The number of nitriles is 2. The SMILES string of the molecule is CCCCC1C(C)=NC(C#N)=C(C#N)N=C1/C=C/c1ccc(N(CCOCCOCCOC)CCOCCOCCOC)cc1. The Morgan fingerprint density at radius 1 is 0.733 bits per heavy atom. The number of unbranched alkanes of at least 4 members (excludes halogenated alkanes) is 1. The van der Waals surface area contributed by atoms with Crippen LogP contribution >= 0.6 is 0 Å². The van der Waals surface area contributed by atoms with Crippen LogP contribution < -0.4 is 4.90 Å². The molecule has 0 amide bonds. The molecule has 1 heterocycles. The number of rotatable bonds is 24. The van der Waals surface area contributed by atoms with Crippen LogP contribution in [-0.4, -0.2) is 105 Å². The van der Waals surface area contributed by atoms with Gasteiger partial charge in [-0.2, -0.15) is 10.5 Å². The first kappa shape index (κ1) is 37.8. The Kier molecular flexibility index (Phi) is 20.1. The van der Waals surface area contributed by atoms with Crippen molar-refractivity contribution in [2.45, 2.75) is 33.1 Å². The fraction of sp³-hybridized carbons (Fsp3) is 0.588. The summed E-state index contributed by atoms with van der Waals surface area (Å²) in [6, 6.07) is 12.3. The summed E-state index contributed by atoms with van der Waals surface area (Å²) >= 11 is 0. The third-order valence-electron chi connectivity index (χ3n) is 7.00. The maximum absolute atomic E-state index is 9.62. The lowest BCUT2D eigenvalue weighted by atomic mass is 9.91. The molecule has 11 nitrogen and oxygen atoms in total. The first-order valence-corrected chi connectivity index (χ1v) is 15.6. The Hall–Kier alpha value is -3.42. The predicted octanol–water partition coefficient (Wildman–Crippen LogP) is 4.85. The Morgan fingerprint density at radius 2 is 1.24 bits per heavy atom. The summed E-state index contributed by atoms with van der Waals surface area (Å²) < 4.78 is 32.6. The fourth-order valence-electron chi connectivity index (χ4n) is 4.48. The van der Waals surface area contributed by atoms with Gasteiger partial charge >= 0.3 is 0 Å². The number of nitrogens with zero attached hydrogens (tertiary/aromatic N) is 5. The van der Waals surface area contributed by atoms with Crippen molar-refractivity contribution in [3.63, 3.8) is 0 Å². The highest BCUT2D eigenvalue weighted by atomic mass is 16.5. The standard InChI is InChI=1S/C34H49N5O6/c1-5-6-7-31-28(2)37-33(26-35)34(27-36)38-32(31)13-10-29-8-11-30(12-9-29)39(14-16-42-22-24-44-20-18-40-3)15-17-43-23-25-45-21-19-41-4/h8-13,31H,5-7,14-25H2,1-4H3/b13-10+. The third kappa shape index (κ3) is 14.9. The molecule has 0 N–H and O–H groups in total. The molecule has 45 heavy (non-hydrogen) atoms. The van der Waals surface area contributed by atoms with Gasteiger partial charge in [0.05, 0.1) is 71.8 Å². The molecule has 0 saturated heterocycles. The summed E-state index contributed by atoms with van der Waals surface area (Å²) in [4.78, 5) is 11.2. The van der Waals surface area contributed by atoms with E-state index < -0.39 is 0 Å². The van der Waals surface area contributed by atoms with Gasteiger partial charge in [0.15, 0.2) is 11.4 Å². The average Bonchev–Trinajstić information content (AvgIpc) is 3.19. The van der Waals surface area contributed by atoms with Crippen LogP contribution in [0.15, 0.2) is 51.7 Å². The van der Waals surface area contributed by atoms with Gasteiger partial charge in [-0.1, -0.05) is 38.0 Å². The summed E-state index contributed by atoms with van der Waals surface area (Å²) in [7, 11) is 3.30. The molecule has 1 aliphatic rings. The highest BCUT2D eigenvalue weighted by Crippen LogP contribution is 2.23. The highest BCUT2D eigenvalue weighted by molar-refractivity contribution is 6.14. The first-order chi connectivity index (χ1) is 22.1. The van der Waals surface area contributed by atoms with E-state index in [0.29, 0.717) is 79.2 Å². The molecule has 2 rings (SSSR count). The van der Waals surface area contributed by atoms with E-state index in [1.54, 1.807) is 14.2 Å². The second-order valence-corrected chi connectivity index (χ2v) is 10.3. The monoisotopic (exact) mass is 623 g/mol. The second kappa shape index (κ2) is 23.9. The maximum atomic E-state index is 9.62. The van der Waals surface area contributed by atoms with Crippen LogP contribution in [0.4, 0.5) is 5.69 Å². The molecule has 0 fully saturated rings. The minimum absolute atomic E-state index is 0.0500. The average molecular weight is 624 g/mol. The van der Waals surface area contributed by atoms with Crippen LogP contribution in [0.3, 0.4) is 0 Å². The van der Waals surface area contributed by atoms with E-state index in [1.165, 1.54) is 0 Å². The third-order valence-corrected chi connectivity index (χ3v) is 7.00. The Balaban J connectivity index is 2.08. The van der Waals surface area contributed by atoms with Crippen LogP contribution in [0, 0.1) is 28.6 Å². The number of aliphatic imine (C=N–C) groups is 2. The lowest BCUT2D eigenvalue weighted by Crippen LogP contribution is -2.31. The lowest BCUT2D eigenvalue weighted by Gasteiger charge is -2.25. The van der Waals surface area contributed by atoms with Gasteiger partial charge in [0.2, 0.25) is 0 Å². The summed E-state index contributed by atoms with van der Waals surface area (Å²) in [5.74, 6) is -0.0547. The number of hydrogen-bond donors (Lipinski definition) is 0. The van der Waals surface area contributed by atoms with Crippen molar-refractivity contribution < 1.29 is 28.4 Å². The number of methoxy groups -OCH3 is 2. The summed E-state index contributed by atoms with van der Waals surface area (Å²) in [5.41, 5.74) is 3.70. The first-order valence-electron chi connectivity index (χ1n) is 15.6. The minimum atomic E-state index is -0.0547. The fourth-order valence-corrected chi connectivity index (χ4v) is 4.48. The number of anilines is 1. The molecule has 0 radical (unpaired) electrons. The highest BCUT2D eigenvalue weighted by Gasteiger charge is 2.22. The smallest absolute Gasteiger partial charge is 0.177 e. The van der Waals surface area contributed by atoms with Crippen LogP contribution in [0.5, 0.6) is 0 Å². The van der Waals surface area contributed by atoms with Crippen molar-refractivity contribution in [1.82, 2.24) is 0 Å². The van der Waals surface area contributed by atoms with Gasteiger partial charge in [-0.15, -0.1) is 0 Å². The van der Waals surface area contributed by atoms with Crippen molar-refractivity contribution in [2.75, 3.05) is 98.3 Å². The van der Waals surface area contributed by atoms with Gasteiger partial charge in [-0.25, -0.2) is 9.98 Å². The van der Waals surface area contributed by atoms with Gasteiger partial charge in [0, 0.05) is 44.6 Å². The maximum Gasteiger partial charge on any atom is 0.177 e. The second-order valence-electron chi connectivity index (χ2n) is 10.3. The zero-order chi connectivity index (χ0) is 32.5. The Labute approximate surface area is 268 Å². The number of hydrogen-bond acceptors (Lipinski definition) is 11. The van der Waals surface area contributed by atoms with E-state index in [4.69, 9.17) is 28.4 Å². The molecular weight excluding hydrogens is 574 g/mol. The summed E-state index contributed by atoms with van der Waals surface area (Å²) in [5, 5.41) is 19.1. The molecule has 0 aliphatic carbocycles. The molecule has 11 heteroatoms. The number of benzene rings is 1. The molecule has 1 aromatic rings. The zero-order valence-electron chi connectivity index (χ0n) is 27.3. The topological polar surface area (TPSA) is 131 Å². The predicted molar refractivity (Wildman–Crippen MR) is 177 cm³/mol. The molecule has 246 valence electrons.